The maximum Gasteiger partial charge on any atom is 0.409 e. The molecule has 8 nitrogen and oxygen atoms in total. The Morgan fingerprint density at radius 1 is 0.778 bits per heavy atom. The Morgan fingerprint density at radius 3 is 1.83 bits per heavy atom. The molecule has 0 saturated heterocycles. The molecule has 3 aromatic carbocycles. The van der Waals surface area contributed by atoms with Crippen molar-refractivity contribution in [2.45, 2.75) is 39.1 Å². The Morgan fingerprint density at radius 2 is 1.33 bits per heavy atom. The van der Waals surface area contributed by atoms with Gasteiger partial charge in [-0.3, -0.25) is 10.6 Å². The maximum absolute atomic E-state index is 12.6. The number of rotatable bonds is 12. The van der Waals surface area contributed by atoms with Crippen molar-refractivity contribution in [2.24, 2.45) is 0 Å². The number of methoxy groups -OCH3 is 1. The highest BCUT2D eigenvalue weighted by Gasteiger charge is 2.21. The molecular formula is C28H32N2O6. The van der Waals surface area contributed by atoms with Crippen LogP contribution in [-0.4, -0.2) is 25.9 Å². The molecule has 3 rings (SSSR count). The highest BCUT2D eigenvalue weighted by Crippen LogP contribution is 2.30. The summed E-state index contributed by atoms with van der Waals surface area (Å²) in [6.07, 6.45) is -0.469. The molecule has 0 aliphatic rings. The molecule has 190 valence electrons. The number of unbranched alkanes of at least 4 members (excludes halogenated alkanes) is 1. The second-order valence-corrected chi connectivity index (χ2v) is 7.96. The fourth-order valence-electron chi connectivity index (χ4n) is 3.28. The molecule has 0 saturated carbocycles. The van der Waals surface area contributed by atoms with E-state index in [9.17, 15) is 9.59 Å². The van der Waals surface area contributed by atoms with E-state index in [-0.39, 0.29) is 13.2 Å². The van der Waals surface area contributed by atoms with E-state index in [4.69, 9.17) is 18.9 Å². The highest BCUT2D eigenvalue weighted by molar-refractivity contribution is 5.71. The van der Waals surface area contributed by atoms with Gasteiger partial charge in [0.05, 0.1) is 13.7 Å². The Bertz CT molecular complexity index is 1030. The van der Waals surface area contributed by atoms with E-state index >= 15 is 0 Å². The second-order valence-electron chi connectivity index (χ2n) is 7.96. The van der Waals surface area contributed by atoms with Crippen LogP contribution >= 0.6 is 0 Å². The van der Waals surface area contributed by atoms with Crippen LogP contribution in [0.2, 0.25) is 0 Å². The third-order valence-electron chi connectivity index (χ3n) is 5.23. The monoisotopic (exact) mass is 492 g/mol. The van der Waals surface area contributed by atoms with Crippen LogP contribution in [0.4, 0.5) is 9.59 Å². The zero-order valence-corrected chi connectivity index (χ0v) is 20.6. The summed E-state index contributed by atoms with van der Waals surface area (Å²) in [7, 11) is 1.55. The first-order valence-electron chi connectivity index (χ1n) is 11.8. The van der Waals surface area contributed by atoms with E-state index < -0.39 is 18.4 Å². The van der Waals surface area contributed by atoms with E-state index in [1.54, 1.807) is 25.3 Å². The summed E-state index contributed by atoms with van der Waals surface area (Å²) < 4.78 is 22.0. The average molecular weight is 493 g/mol. The normalized spacial score (nSPS) is 10.4. The molecule has 0 aliphatic carbocycles. The lowest BCUT2D eigenvalue weighted by atomic mass is 10.1. The van der Waals surface area contributed by atoms with Crippen LogP contribution in [0.1, 0.15) is 42.6 Å². The number of alkyl carbamates (subject to hydrolysis) is 2. The molecule has 2 N–H and O–H groups in total. The number of amides is 2. The molecular weight excluding hydrogens is 460 g/mol. The molecule has 0 aromatic heterocycles. The minimum atomic E-state index is -0.934. The predicted octanol–water partition coefficient (Wildman–Crippen LogP) is 5.73. The molecule has 36 heavy (non-hydrogen) atoms. The summed E-state index contributed by atoms with van der Waals surface area (Å²) in [6, 6.07) is 23.8. The summed E-state index contributed by atoms with van der Waals surface area (Å²) in [4.78, 5) is 25.2. The van der Waals surface area contributed by atoms with Crippen LogP contribution in [0, 0.1) is 0 Å². The molecule has 2 amide bonds. The first-order chi connectivity index (χ1) is 17.6. The van der Waals surface area contributed by atoms with Crippen molar-refractivity contribution < 1.29 is 28.5 Å². The van der Waals surface area contributed by atoms with Crippen LogP contribution in [-0.2, 0) is 22.7 Å². The van der Waals surface area contributed by atoms with Gasteiger partial charge in [-0.1, -0.05) is 80.1 Å². The Balaban J connectivity index is 1.72. The summed E-state index contributed by atoms with van der Waals surface area (Å²) in [5.74, 6) is 1.05. The lowest BCUT2D eigenvalue weighted by Crippen LogP contribution is -2.41. The summed E-state index contributed by atoms with van der Waals surface area (Å²) in [5, 5.41) is 5.39. The summed E-state index contributed by atoms with van der Waals surface area (Å²) >= 11 is 0. The van der Waals surface area contributed by atoms with Crippen LogP contribution in [0.25, 0.3) is 0 Å². The number of carbonyl (C=O) groups excluding carboxylic acids is 2. The number of carbonyl (C=O) groups is 2. The van der Waals surface area contributed by atoms with E-state index in [0.717, 1.165) is 24.0 Å². The largest absolute Gasteiger partial charge is 0.493 e. The van der Waals surface area contributed by atoms with Crippen LogP contribution in [0.15, 0.2) is 78.9 Å². The van der Waals surface area contributed by atoms with Gasteiger partial charge < -0.3 is 18.9 Å². The van der Waals surface area contributed by atoms with Gasteiger partial charge in [0.1, 0.15) is 19.4 Å². The minimum Gasteiger partial charge on any atom is -0.493 e. The lowest BCUT2D eigenvalue weighted by Gasteiger charge is -2.22. The molecule has 0 radical (unpaired) electrons. The molecule has 0 aliphatic heterocycles. The first kappa shape index (κ1) is 26.4. The lowest BCUT2D eigenvalue weighted by molar-refractivity contribution is 0.122. The number of hydrogen-bond donors (Lipinski definition) is 2. The number of ether oxygens (including phenoxy) is 4. The third-order valence-corrected chi connectivity index (χ3v) is 5.23. The Kier molecular flexibility index (Phi) is 10.5. The quantitative estimate of drug-likeness (QED) is 0.248. The topological polar surface area (TPSA) is 95.1 Å². The highest BCUT2D eigenvalue weighted by atomic mass is 16.6. The van der Waals surface area contributed by atoms with E-state index in [1.165, 1.54) is 0 Å². The van der Waals surface area contributed by atoms with Crippen LogP contribution < -0.4 is 20.1 Å². The molecule has 0 spiro atoms. The van der Waals surface area contributed by atoms with Gasteiger partial charge in [-0.05, 0) is 35.2 Å². The van der Waals surface area contributed by atoms with Gasteiger partial charge in [-0.15, -0.1) is 0 Å². The zero-order valence-electron chi connectivity index (χ0n) is 20.6. The zero-order chi connectivity index (χ0) is 25.6. The fraction of sp³-hybridized carbons (Fsp3) is 0.286. The van der Waals surface area contributed by atoms with Crippen molar-refractivity contribution in [2.75, 3.05) is 13.7 Å². The molecule has 0 fully saturated rings. The van der Waals surface area contributed by atoms with E-state index in [2.05, 4.69) is 17.6 Å². The van der Waals surface area contributed by atoms with Crippen molar-refractivity contribution in [3.63, 3.8) is 0 Å². The molecule has 3 aromatic rings. The van der Waals surface area contributed by atoms with Gasteiger partial charge in [0.2, 0.25) is 0 Å². The minimum absolute atomic E-state index is 0.0891. The molecule has 8 heteroatoms. The Hall–Kier alpha value is -4.20. The predicted molar refractivity (Wildman–Crippen MR) is 136 cm³/mol. The van der Waals surface area contributed by atoms with Gasteiger partial charge in [0.25, 0.3) is 0 Å². The van der Waals surface area contributed by atoms with Crippen molar-refractivity contribution in [3.8, 4) is 11.5 Å². The Labute approximate surface area is 211 Å². The summed E-state index contributed by atoms with van der Waals surface area (Å²) in [6.45, 7) is 2.76. The SMILES string of the molecule is CCCCOc1cc(C(NC(=O)OCc2ccccc2)NC(=O)OCc2ccccc2)ccc1OC. The first-order valence-corrected chi connectivity index (χ1v) is 11.8. The van der Waals surface area contributed by atoms with Crippen molar-refractivity contribution in [3.05, 3.63) is 95.6 Å². The van der Waals surface area contributed by atoms with Crippen LogP contribution in [0.3, 0.4) is 0 Å². The van der Waals surface area contributed by atoms with Gasteiger partial charge in [0, 0.05) is 0 Å². The molecule has 0 unspecified atom stereocenters. The molecule has 0 heterocycles. The van der Waals surface area contributed by atoms with E-state index in [1.807, 2.05) is 60.7 Å². The molecule has 0 atom stereocenters. The smallest absolute Gasteiger partial charge is 0.409 e. The van der Waals surface area contributed by atoms with Gasteiger partial charge in [-0.2, -0.15) is 0 Å². The molecule has 0 bridgehead atoms. The number of hydrogen-bond acceptors (Lipinski definition) is 6. The number of benzene rings is 3. The fourth-order valence-corrected chi connectivity index (χ4v) is 3.28. The van der Waals surface area contributed by atoms with Crippen molar-refractivity contribution in [1.29, 1.82) is 0 Å². The van der Waals surface area contributed by atoms with Crippen molar-refractivity contribution >= 4 is 12.2 Å². The van der Waals surface area contributed by atoms with Crippen molar-refractivity contribution in [1.82, 2.24) is 10.6 Å². The van der Waals surface area contributed by atoms with Gasteiger partial charge in [0.15, 0.2) is 11.5 Å². The second kappa shape index (κ2) is 14.3. The van der Waals surface area contributed by atoms with E-state index in [0.29, 0.717) is 23.7 Å². The third kappa shape index (κ3) is 8.54. The standard InChI is InChI=1S/C28H32N2O6/c1-3-4-17-34-25-18-23(15-16-24(25)33-2)26(29-27(31)35-19-21-11-7-5-8-12-21)30-28(32)36-20-22-13-9-6-10-14-22/h5-16,18,26H,3-4,17,19-20H2,1-2H3,(H,29,31)(H,30,32). The summed E-state index contributed by atoms with van der Waals surface area (Å²) in [5.41, 5.74) is 2.25. The van der Waals surface area contributed by atoms with Gasteiger partial charge >= 0.3 is 12.2 Å². The van der Waals surface area contributed by atoms with Crippen LogP contribution in [0.5, 0.6) is 11.5 Å². The van der Waals surface area contributed by atoms with Gasteiger partial charge in [-0.25, -0.2) is 9.59 Å². The maximum atomic E-state index is 12.6. The number of nitrogens with one attached hydrogen (secondary N) is 2. The average Bonchev–Trinajstić information content (AvgIpc) is 2.91.